The Morgan fingerprint density at radius 2 is 1.76 bits per heavy atom. The quantitative estimate of drug-likeness (QED) is 0.432. The van der Waals surface area contributed by atoms with E-state index in [9.17, 15) is 14.4 Å². The first kappa shape index (κ1) is 22.7. The van der Waals surface area contributed by atoms with E-state index in [2.05, 4.69) is 5.32 Å². The highest BCUT2D eigenvalue weighted by molar-refractivity contribution is 6.32. The lowest BCUT2D eigenvalue weighted by molar-refractivity contribution is -0.131. The molecular formula is C24H23ClN2O6. The van der Waals surface area contributed by atoms with Gasteiger partial charge in [0, 0.05) is 16.5 Å². The Morgan fingerprint density at radius 1 is 1.03 bits per heavy atom. The molecule has 1 aromatic heterocycles. The minimum Gasteiger partial charge on any atom is -0.493 e. The van der Waals surface area contributed by atoms with Gasteiger partial charge in [-0.05, 0) is 54.3 Å². The zero-order valence-corrected chi connectivity index (χ0v) is 19.4. The van der Waals surface area contributed by atoms with E-state index in [1.807, 2.05) is 6.92 Å². The number of halogens is 1. The number of nitrogens with zero attached hydrogens (tertiary/aromatic N) is 1. The first-order valence-electron chi connectivity index (χ1n) is 10.3. The zero-order chi connectivity index (χ0) is 23.9. The molecule has 1 N–H and O–H groups in total. The summed E-state index contributed by atoms with van der Waals surface area (Å²) in [4.78, 5) is 39.5. The molecule has 2 heterocycles. The first-order chi connectivity index (χ1) is 15.7. The summed E-state index contributed by atoms with van der Waals surface area (Å²) in [5, 5.41) is 3.85. The number of hydrogen-bond donors (Lipinski definition) is 1. The molecule has 3 amide bonds. The van der Waals surface area contributed by atoms with Crippen molar-refractivity contribution in [3.8, 4) is 11.5 Å². The van der Waals surface area contributed by atoms with E-state index in [1.54, 1.807) is 37.3 Å². The lowest BCUT2D eigenvalue weighted by Crippen LogP contribution is -2.40. The highest BCUT2D eigenvalue weighted by Crippen LogP contribution is 2.36. The summed E-state index contributed by atoms with van der Waals surface area (Å²) < 4.78 is 15.9. The second-order valence-electron chi connectivity index (χ2n) is 7.90. The standard InChI is InChI=1S/C24H23ClN2O6/c1-5-13-8-19-16(11-17(13)25)14(9-21(28)33-19)12-27-22(29)24(2,26-23(27)30)15-6-7-18(31-3)20(10-15)32-4/h6-11H,5,12H2,1-4H3,(H,26,30)/t24-/m0/s1. The SMILES string of the molecule is CCc1cc2oc(=O)cc(CN3C(=O)N[C@@](C)(c4ccc(OC)c(OC)c4)C3=O)c2cc1Cl. The highest BCUT2D eigenvalue weighted by Gasteiger charge is 2.49. The summed E-state index contributed by atoms with van der Waals surface area (Å²) in [5.74, 6) is 0.478. The molecule has 2 aromatic carbocycles. The van der Waals surface area contributed by atoms with Crippen molar-refractivity contribution in [1.82, 2.24) is 10.2 Å². The molecule has 1 aliphatic rings. The zero-order valence-electron chi connectivity index (χ0n) is 18.7. The third-order valence-electron chi connectivity index (χ3n) is 5.94. The van der Waals surface area contributed by atoms with E-state index in [0.29, 0.717) is 45.0 Å². The number of amides is 3. The molecule has 1 atom stereocenters. The molecule has 8 nitrogen and oxygen atoms in total. The van der Waals surface area contributed by atoms with Crippen LogP contribution in [0.5, 0.6) is 11.5 Å². The number of benzene rings is 2. The fraction of sp³-hybridized carbons (Fsp3) is 0.292. The number of methoxy groups -OCH3 is 2. The van der Waals surface area contributed by atoms with Gasteiger partial charge in [-0.3, -0.25) is 9.69 Å². The van der Waals surface area contributed by atoms with Gasteiger partial charge in [0.2, 0.25) is 0 Å². The van der Waals surface area contributed by atoms with Crippen LogP contribution in [0.25, 0.3) is 11.0 Å². The summed E-state index contributed by atoms with van der Waals surface area (Å²) in [6, 6.07) is 9.12. The first-order valence-corrected chi connectivity index (χ1v) is 10.7. The monoisotopic (exact) mass is 470 g/mol. The average molecular weight is 471 g/mol. The summed E-state index contributed by atoms with van der Waals surface area (Å²) in [6.07, 6.45) is 0.666. The van der Waals surface area contributed by atoms with Crippen LogP contribution in [0, 0.1) is 0 Å². The van der Waals surface area contributed by atoms with Crippen LogP contribution < -0.4 is 20.4 Å². The number of ether oxygens (including phenoxy) is 2. The predicted molar refractivity (Wildman–Crippen MR) is 123 cm³/mol. The van der Waals surface area contributed by atoms with Crippen molar-refractivity contribution in [2.75, 3.05) is 14.2 Å². The van der Waals surface area contributed by atoms with Gasteiger partial charge < -0.3 is 19.2 Å². The Hall–Kier alpha value is -3.52. The summed E-state index contributed by atoms with van der Waals surface area (Å²) in [5.41, 5.74) is 0.296. The molecule has 1 fully saturated rings. The number of nitrogens with one attached hydrogen (secondary N) is 1. The Labute approximate surface area is 195 Å². The second kappa shape index (κ2) is 8.44. The summed E-state index contributed by atoms with van der Waals surface area (Å²) in [7, 11) is 3.01. The van der Waals surface area contributed by atoms with Crippen LogP contribution in [0.2, 0.25) is 5.02 Å². The maximum atomic E-state index is 13.4. The number of aryl methyl sites for hydroxylation is 1. The maximum Gasteiger partial charge on any atom is 0.336 e. The van der Waals surface area contributed by atoms with Gasteiger partial charge in [-0.1, -0.05) is 24.6 Å². The van der Waals surface area contributed by atoms with Gasteiger partial charge in [0.05, 0.1) is 20.8 Å². The number of carbonyl (C=O) groups excluding carboxylic acids is 2. The Bertz CT molecular complexity index is 1330. The van der Waals surface area contributed by atoms with Crippen LogP contribution in [0.4, 0.5) is 4.79 Å². The van der Waals surface area contributed by atoms with Crippen molar-refractivity contribution in [1.29, 1.82) is 0 Å². The Balaban J connectivity index is 1.73. The summed E-state index contributed by atoms with van der Waals surface area (Å²) in [6.45, 7) is 3.45. The Morgan fingerprint density at radius 3 is 2.42 bits per heavy atom. The molecule has 4 rings (SSSR count). The highest BCUT2D eigenvalue weighted by atomic mass is 35.5. The van der Waals surface area contributed by atoms with Crippen LogP contribution in [0.3, 0.4) is 0 Å². The van der Waals surface area contributed by atoms with Crippen LogP contribution >= 0.6 is 11.6 Å². The van der Waals surface area contributed by atoms with Crippen molar-refractivity contribution in [2.45, 2.75) is 32.4 Å². The number of fused-ring (bicyclic) bond motifs is 1. The van der Waals surface area contributed by atoms with Crippen molar-refractivity contribution in [3.63, 3.8) is 0 Å². The third-order valence-corrected chi connectivity index (χ3v) is 6.29. The van der Waals surface area contributed by atoms with E-state index < -0.39 is 23.1 Å². The maximum absolute atomic E-state index is 13.4. The number of hydrogen-bond acceptors (Lipinski definition) is 6. The molecule has 9 heteroatoms. The van der Waals surface area contributed by atoms with Gasteiger partial charge in [0.1, 0.15) is 11.1 Å². The summed E-state index contributed by atoms with van der Waals surface area (Å²) >= 11 is 6.37. The fourth-order valence-corrected chi connectivity index (χ4v) is 4.34. The van der Waals surface area contributed by atoms with Gasteiger partial charge in [-0.25, -0.2) is 9.59 Å². The molecule has 0 aliphatic carbocycles. The molecule has 172 valence electrons. The second-order valence-corrected chi connectivity index (χ2v) is 8.31. The number of urea groups is 1. The van der Waals surface area contributed by atoms with Gasteiger partial charge in [-0.15, -0.1) is 0 Å². The molecule has 0 bridgehead atoms. The van der Waals surface area contributed by atoms with Gasteiger partial charge in [0.15, 0.2) is 11.5 Å². The lowest BCUT2D eigenvalue weighted by Gasteiger charge is -2.23. The number of rotatable bonds is 6. The van der Waals surface area contributed by atoms with Gasteiger partial charge in [0.25, 0.3) is 5.91 Å². The minimum absolute atomic E-state index is 0.114. The van der Waals surface area contributed by atoms with Crippen LogP contribution in [-0.2, 0) is 23.3 Å². The van der Waals surface area contributed by atoms with Crippen molar-refractivity contribution in [2.24, 2.45) is 0 Å². The molecule has 1 saturated heterocycles. The predicted octanol–water partition coefficient (Wildman–Crippen LogP) is 3.99. The molecule has 3 aromatic rings. The van der Waals surface area contributed by atoms with Crippen molar-refractivity contribution >= 4 is 34.5 Å². The van der Waals surface area contributed by atoms with E-state index >= 15 is 0 Å². The molecule has 0 unspecified atom stereocenters. The van der Waals surface area contributed by atoms with E-state index in [1.165, 1.54) is 20.3 Å². The number of imide groups is 1. The fourth-order valence-electron chi connectivity index (χ4n) is 4.04. The molecule has 33 heavy (non-hydrogen) atoms. The molecular weight excluding hydrogens is 448 g/mol. The van der Waals surface area contributed by atoms with E-state index in [0.717, 1.165) is 10.5 Å². The van der Waals surface area contributed by atoms with E-state index in [4.69, 9.17) is 25.5 Å². The third kappa shape index (κ3) is 3.80. The van der Waals surface area contributed by atoms with Gasteiger partial charge in [-0.2, -0.15) is 0 Å². The molecule has 0 saturated carbocycles. The number of carbonyl (C=O) groups is 2. The Kier molecular flexibility index (Phi) is 5.80. The normalized spacial score (nSPS) is 18.0. The largest absolute Gasteiger partial charge is 0.493 e. The molecule has 0 radical (unpaired) electrons. The lowest BCUT2D eigenvalue weighted by atomic mass is 9.91. The smallest absolute Gasteiger partial charge is 0.336 e. The van der Waals surface area contributed by atoms with Crippen molar-refractivity contribution < 1.29 is 23.5 Å². The molecule has 0 spiro atoms. The van der Waals surface area contributed by atoms with Crippen LogP contribution in [0.1, 0.15) is 30.5 Å². The van der Waals surface area contributed by atoms with Gasteiger partial charge >= 0.3 is 11.7 Å². The van der Waals surface area contributed by atoms with Crippen molar-refractivity contribution in [3.05, 3.63) is 68.5 Å². The minimum atomic E-state index is -1.32. The topological polar surface area (TPSA) is 98.1 Å². The van der Waals surface area contributed by atoms with Crippen LogP contribution in [0.15, 0.2) is 45.6 Å². The molecule has 1 aliphatic heterocycles. The van der Waals surface area contributed by atoms with Crippen LogP contribution in [-0.4, -0.2) is 31.1 Å². The van der Waals surface area contributed by atoms with E-state index in [-0.39, 0.29) is 6.54 Å². The average Bonchev–Trinajstić information content (AvgIpc) is 3.02.